The maximum atomic E-state index is 12.6. The van der Waals surface area contributed by atoms with Crippen molar-refractivity contribution >= 4 is 10.9 Å². The number of halogens is 3. The van der Waals surface area contributed by atoms with Gasteiger partial charge >= 0.3 is 6.18 Å². The normalized spacial score (nSPS) is 21.5. The molecule has 1 fully saturated rings. The van der Waals surface area contributed by atoms with Crippen LogP contribution in [0.15, 0.2) is 35.3 Å². The van der Waals surface area contributed by atoms with E-state index in [9.17, 15) is 18.0 Å². The molecule has 0 N–H and O–H groups in total. The van der Waals surface area contributed by atoms with Gasteiger partial charge in [0.05, 0.1) is 5.52 Å². The van der Waals surface area contributed by atoms with E-state index >= 15 is 0 Å². The minimum absolute atomic E-state index is 0.225. The molecule has 0 aliphatic heterocycles. The Kier molecular flexibility index (Phi) is 3.54. The van der Waals surface area contributed by atoms with E-state index in [4.69, 9.17) is 0 Å². The lowest BCUT2D eigenvalue weighted by Gasteiger charge is -2.14. The number of benzene rings is 1. The van der Waals surface area contributed by atoms with E-state index in [1.54, 1.807) is 12.1 Å². The van der Waals surface area contributed by atoms with Crippen LogP contribution in [0.25, 0.3) is 10.9 Å². The molecule has 0 unspecified atom stereocenters. The fraction of sp³-hybridized carbons (Fsp3) is 0.471. The Hall–Kier alpha value is -1.78. The highest BCUT2D eigenvalue weighted by atomic mass is 19.4. The van der Waals surface area contributed by atoms with Crippen molar-refractivity contribution < 1.29 is 13.2 Å². The molecule has 0 saturated heterocycles. The quantitative estimate of drug-likeness (QED) is 0.827. The third kappa shape index (κ3) is 2.89. The predicted molar refractivity (Wildman–Crippen MR) is 79.9 cm³/mol. The molecule has 1 saturated carbocycles. The van der Waals surface area contributed by atoms with E-state index < -0.39 is 12.7 Å². The number of fused-ring (bicyclic) bond motifs is 1. The number of aromatic nitrogens is 1. The molecular weight excluding hydrogens is 291 g/mol. The standard InChI is InChI=1S/C17H18F3NO/c1-10(2)12-8-13(12)11-3-4-15-14(7-11)16(22)5-6-21(15)9-17(18,19)20/h3-7,10,12-13H,8-9H2,1-2H3/t12-,13-/m1/s1. The Labute approximate surface area is 126 Å². The third-order valence-electron chi connectivity index (χ3n) is 4.48. The summed E-state index contributed by atoms with van der Waals surface area (Å²) in [7, 11) is 0. The van der Waals surface area contributed by atoms with Gasteiger partial charge in [0.2, 0.25) is 0 Å². The van der Waals surface area contributed by atoms with Gasteiger partial charge in [-0.05, 0) is 41.9 Å². The lowest BCUT2D eigenvalue weighted by molar-refractivity contribution is -0.139. The largest absolute Gasteiger partial charge is 0.406 e. The molecule has 0 amide bonds. The fourth-order valence-electron chi connectivity index (χ4n) is 3.23. The number of rotatable bonds is 3. The second-order valence-corrected chi connectivity index (χ2v) is 6.45. The summed E-state index contributed by atoms with van der Waals surface area (Å²) in [5, 5.41) is 0.374. The van der Waals surface area contributed by atoms with Crippen molar-refractivity contribution in [2.24, 2.45) is 11.8 Å². The molecule has 22 heavy (non-hydrogen) atoms. The number of hydrogen-bond donors (Lipinski definition) is 0. The molecule has 0 bridgehead atoms. The topological polar surface area (TPSA) is 22.0 Å². The molecular formula is C17H18F3NO. The number of nitrogens with zero attached hydrogens (tertiary/aromatic N) is 1. The summed E-state index contributed by atoms with van der Waals surface area (Å²) in [6.07, 6.45) is -2.00. The lowest BCUT2D eigenvalue weighted by Crippen LogP contribution is -2.19. The van der Waals surface area contributed by atoms with E-state index in [0.29, 0.717) is 28.7 Å². The highest BCUT2D eigenvalue weighted by Gasteiger charge is 2.40. The SMILES string of the molecule is CC(C)[C@H]1C[C@@H]1c1ccc2c(c1)c(=O)ccn2CC(F)(F)F. The molecule has 1 aromatic carbocycles. The molecule has 5 heteroatoms. The van der Waals surface area contributed by atoms with Crippen LogP contribution in [0, 0.1) is 11.8 Å². The second kappa shape index (κ2) is 5.14. The maximum Gasteiger partial charge on any atom is 0.406 e. The van der Waals surface area contributed by atoms with E-state index in [-0.39, 0.29) is 5.43 Å². The Morgan fingerprint density at radius 2 is 2.00 bits per heavy atom. The summed E-state index contributed by atoms with van der Waals surface area (Å²) >= 11 is 0. The van der Waals surface area contributed by atoms with Gasteiger partial charge in [-0.25, -0.2) is 0 Å². The maximum absolute atomic E-state index is 12.6. The first-order valence-electron chi connectivity index (χ1n) is 7.46. The molecule has 3 rings (SSSR count). The van der Waals surface area contributed by atoms with Gasteiger partial charge in [-0.2, -0.15) is 13.2 Å². The monoisotopic (exact) mass is 309 g/mol. The summed E-state index contributed by atoms with van der Waals surface area (Å²) in [5.74, 6) is 1.62. The van der Waals surface area contributed by atoms with Crippen molar-refractivity contribution in [2.45, 2.75) is 38.9 Å². The fourth-order valence-corrected chi connectivity index (χ4v) is 3.23. The molecule has 0 spiro atoms. The smallest absolute Gasteiger partial charge is 0.338 e. The first-order chi connectivity index (χ1) is 10.3. The van der Waals surface area contributed by atoms with Crippen LogP contribution in [0.1, 0.15) is 31.7 Å². The highest BCUT2D eigenvalue weighted by molar-refractivity contribution is 5.80. The predicted octanol–water partition coefficient (Wildman–Crippen LogP) is 4.32. The Morgan fingerprint density at radius 3 is 2.59 bits per heavy atom. The van der Waals surface area contributed by atoms with Crippen LogP contribution in [0.2, 0.25) is 0 Å². The molecule has 1 aromatic heterocycles. The van der Waals surface area contributed by atoms with Gasteiger partial charge in [-0.3, -0.25) is 4.79 Å². The van der Waals surface area contributed by atoms with Crippen molar-refractivity contribution in [1.82, 2.24) is 4.57 Å². The zero-order valence-corrected chi connectivity index (χ0v) is 12.5. The minimum Gasteiger partial charge on any atom is -0.338 e. The Bertz CT molecular complexity index is 761. The Morgan fingerprint density at radius 1 is 1.27 bits per heavy atom. The van der Waals surface area contributed by atoms with Gasteiger partial charge in [0.1, 0.15) is 6.54 Å². The van der Waals surface area contributed by atoms with Gasteiger partial charge in [-0.15, -0.1) is 0 Å². The molecule has 2 aromatic rings. The molecule has 2 nitrogen and oxygen atoms in total. The average Bonchev–Trinajstić information content (AvgIpc) is 3.21. The molecule has 1 aliphatic rings. The Balaban J connectivity index is 2.02. The van der Waals surface area contributed by atoms with Crippen LogP contribution in [-0.2, 0) is 6.54 Å². The molecule has 0 radical (unpaired) electrons. The van der Waals surface area contributed by atoms with Gasteiger partial charge in [0, 0.05) is 17.6 Å². The summed E-state index contributed by atoms with van der Waals surface area (Å²) in [6, 6.07) is 6.50. The highest BCUT2D eigenvalue weighted by Crippen LogP contribution is 2.51. The average molecular weight is 309 g/mol. The van der Waals surface area contributed by atoms with Gasteiger partial charge in [0.15, 0.2) is 5.43 Å². The lowest BCUT2D eigenvalue weighted by atomic mass is 10.0. The van der Waals surface area contributed by atoms with Crippen LogP contribution in [0.3, 0.4) is 0 Å². The van der Waals surface area contributed by atoms with Crippen molar-refractivity contribution in [2.75, 3.05) is 0 Å². The second-order valence-electron chi connectivity index (χ2n) is 6.45. The molecule has 1 heterocycles. The summed E-state index contributed by atoms with van der Waals surface area (Å²) < 4.78 is 39.0. The number of alkyl halides is 3. The van der Waals surface area contributed by atoms with E-state index in [1.165, 1.54) is 12.3 Å². The van der Waals surface area contributed by atoms with Crippen molar-refractivity contribution in [1.29, 1.82) is 0 Å². The number of hydrogen-bond acceptors (Lipinski definition) is 1. The summed E-state index contributed by atoms with van der Waals surface area (Å²) in [6.45, 7) is 3.26. The van der Waals surface area contributed by atoms with Crippen molar-refractivity contribution in [3.8, 4) is 0 Å². The van der Waals surface area contributed by atoms with Crippen LogP contribution >= 0.6 is 0 Å². The van der Waals surface area contributed by atoms with Crippen LogP contribution in [-0.4, -0.2) is 10.7 Å². The minimum atomic E-state index is -4.31. The van der Waals surface area contributed by atoms with Gasteiger partial charge in [-0.1, -0.05) is 19.9 Å². The summed E-state index contributed by atoms with van der Waals surface area (Å²) in [4.78, 5) is 12.0. The molecule has 118 valence electrons. The number of pyridine rings is 1. The first-order valence-corrected chi connectivity index (χ1v) is 7.46. The van der Waals surface area contributed by atoms with Crippen LogP contribution in [0.4, 0.5) is 13.2 Å². The van der Waals surface area contributed by atoms with Crippen LogP contribution < -0.4 is 5.43 Å². The third-order valence-corrected chi connectivity index (χ3v) is 4.48. The summed E-state index contributed by atoms with van der Waals surface area (Å²) in [5.41, 5.74) is 1.18. The first kappa shape index (κ1) is 15.1. The zero-order valence-electron chi connectivity index (χ0n) is 12.5. The van der Waals surface area contributed by atoms with Crippen molar-refractivity contribution in [3.63, 3.8) is 0 Å². The van der Waals surface area contributed by atoms with E-state index in [2.05, 4.69) is 13.8 Å². The molecule has 1 aliphatic carbocycles. The van der Waals surface area contributed by atoms with Crippen molar-refractivity contribution in [3.05, 3.63) is 46.2 Å². The van der Waals surface area contributed by atoms with Crippen LogP contribution in [0.5, 0.6) is 0 Å². The zero-order chi connectivity index (χ0) is 16.1. The van der Waals surface area contributed by atoms with E-state index in [0.717, 1.165) is 16.6 Å². The molecule has 2 atom stereocenters. The van der Waals surface area contributed by atoms with E-state index in [1.807, 2.05) is 6.07 Å². The van der Waals surface area contributed by atoms with Gasteiger partial charge in [0.25, 0.3) is 0 Å². The van der Waals surface area contributed by atoms with Gasteiger partial charge < -0.3 is 4.57 Å².